The third-order valence-electron chi connectivity index (χ3n) is 3.67. The van der Waals surface area contributed by atoms with Gasteiger partial charge in [-0.25, -0.2) is 4.98 Å². The highest BCUT2D eigenvalue weighted by atomic mass is 32.1. The first-order chi connectivity index (χ1) is 10.7. The Balaban J connectivity index is 1.46. The van der Waals surface area contributed by atoms with Gasteiger partial charge < -0.3 is 14.8 Å². The van der Waals surface area contributed by atoms with Gasteiger partial charge in [0.15, 0.2) is 5.13 Å². The summed E-state index contributed by atoms with van der Waals surface area (Å²) in [7, 11) is 0. The second kappa shape index (κ2) is 7.17. The maximum absolute atomic E-state index is 11.9. The lowest BCUT2D eigenvalue weighted by molar-refractivity contribution is -0.130. The van der Waals surface area contributed by atoms with Crippen LogP contribution in [0.4, 0.5) is 5.13 Å². The summed E-state index contributed by atoms with van der Waals surface area (Å²) in [6.07, 6.45) is 2.65. The number of hydrogen-bond donors (Lipinski definition) is 2. The lowest BCUT2D eigenvalue weighted by Crippen LogP contribution is -2.33. The maximum atomic E-state index is 11.9. The number of rotatable bonds is 5. The first-order valence-corrected chi connectivity index (χ1v) is 8.36. The van der Waals surface area contributed by atoms with Crippen LogP contribution >= 0.6 is 11.3 Å². The number of nitrogens with one attached hydrogen (secondary N) is 2. The third-order valence-corrected chi connectivity index (χ3v) is 4.48. The van der Waals surface area contributed by atoms with Gasteiger partial charge in [-0.1, -0.05) is 0 Å². The van der Waals surface area contributed by atoms with Crippen LogP contribution in [0.15, 0.2) is 5.38 Å². The molecule has 3 heterocycles. The molecule has 0 bridgehead atoms. The molecule has 2 atom stereocenters. The van der Waals surface area contributed by atoms with Gasteiger partial charge in [0.2, 0.25) is 5.91 Å². The molecule has 3 rings (SSSR count). The summed E-state index contributed by atoms with van der Waals surface area (Å²) in [6.45, 7) is 1.62. The van der Waals surface area contributed by atoms with E-state index in [4.69, 9.17) is 9.47 Å². The fourth-order valence-corrected chi connectivity index (χ4v) is 3.21. The third kappa shape index (κ3) is 3.82. The van der Waals surface area contributed by atoms with Crippen LogP contribution in [0.25, 0.3) is 0 Å². The second-order valence-electron chi connectivity index (χ2n) is 5.35. The molecule has 1 aromatic heterocycles. The van der Waals surface area contributed by atoms with Gasteiger partial charge in [0.25, 0.3) is 5.91 Å². The predicted octanol–water partition coefficient (Wildman–Crippen LogP) is 1.06. The van der Waals surface area contributed by atoms with Crippen LogP contribution in [-0.2, 0) is 25.6 Å². The van der Waals surface area contributed by atoms with Gasteiger partial charge in [0.1, 0.15) is 12.2 Å². The van der Waals surface area contributed by atoms with Gasteiger partial charge in [0.05, 0.1) is 12.2 Å². The zero-order chi connectivity index (χ0) is 15.4. The van der Waals surface area contributed by atoms with Crippen LogP contribution in [0.3, 0.4) is 0 Å². The van der Waals surface area contributed by atoms with Crippen LogP contribution < -0.4 is 10.6 Å². The Hall–Kier alpha value is -1.51. The molecule has 0 aromatic carbocycles. The fourth-order valence-electron chi connectivity index (χ4n) is 2.49. The molecule has 2 saturated heterocycles. The van der Waals surface area contributed by atoms with Crippen molar-refractivity contribution in [2.75, 3.05) is 18.5 Å². The molecule has 1 aromatic rings. The molecule has 0 aliphatic carbocycles. The van der Waals surface area contributed by atoms with Crippen LogP contribution in [0, 0.1) is 0 Å². The van der Waals surface area contributed by atoms with E-state index in [0.29, 0.717) is 24.9 Å². The normalized spacial score (nSPS) is 24.4. The predicted molar refractivity (Wildman–Crippen MR) is 80.5 cm³/mol. The molecule has 2 fully saturated rings. The van der Waals surface area contributed by atoms with Gasteiger partial charge in [0, 0.05) is 18.6 Å². The molecule has 2 N–H and O–H groups in total. The number of carbonyl (C=O) groups excluding carboxylic acids is 2. The first-order valence-electron chi connectivity index (χ1n) is 7.48. The number of aromatic nitrogens is 1. The van der Waals surface area contributed by atoms with Gasteiger partial charge in [-0.15, -0.1) is 11.3 Å². The van der Waals surface area contributed by atoms with Crippen molar-refractivity contribution in [1.82, 2.24) is 10.3 Å². The SMILES string of the molecule is O=C(NCc1csc(NC(=O)C2CCCO2)n1)C1CCCO1. The molecular formula is C14H19N3O4S. The topological polar surface area (TPSA) is 89.6 Å². The molecule has 7 nitrogen and oxygen atoms in total. The number of carbonyl (C=O) groups is 2. The average molecular weight is 325 g/mol. The number of ether oxygens (including phenoxy) is 2. The standard InChI is InChI=1S/C14H19N3O4S/c18-12(10-3-1-5-20-10)15-7-9-8-22-14(16-9)17-13(19)11-4-2-6-21-11/h8,10-11H,1-7H2,(H,15,18)(H,16,17,19). The summed E-state index contributed by atoms with van der Waals surface area (Å²) >= 11 is 1.34. The maximum Gasteiger partial charge on any atom is 0.255 e. The van der Waals surface area contributed by atoms with Crippen LogP contribution in [0.1, 0.15) is 31.4 Å². The van der Waals surface area contributed by atoms with E-state index in [0.717, 1.165) is 31.4 Å². The van der Waals surface area contributed by atoms with Crippen molar-refractivity contribution in [1.29, 1.82) is 0 Å². The Morgan fingerprint density at radius 2 is 1.86 bits per heavy atom. The number of nitrogens with zero attached hydrogens (tertiary/aromatic N) is 1. The van der Waals surface area contributed by atoms with Gasteiger partial charge in [-0.3, -0.25) is 14.9 Å². The van der Waals surface area contributed by atoms with Gasteiger partial charge in [-0.05, 0) is 25.7 Å². The van der Waals surface area contributed by atoms with Crippen molar-refractivity contribution in [3.8, 4) is 0 Å². The molecule has 0 spiro atoms. The van der Waals surface area contributed by atoms with Gasteiger partial charge in [-0.2, -0.15) is 0 Å². The second-order valence-corrected chi connectivity index (χ2v) is 6.21. The van der Waals surface area contributed by atoms with Crippen LogP contribution in [0.5, 0.6) is 0 Å². The van der Waals surface area contributed by atoms with E-state index >= 15 is 0 Å². The Bertz CT molecular complexity index is 536. The average Bonchev–Trinajstić information content (AvgIpc) is 3.25. The molecule has 2 aliphatic heterocycles. The molecular weight excluding hydrogens is 306 g/mol. The van der Waals surface area contributed by atoms with Crippen molar-refractivity contribution in [2.45, 2.75) is 44.4 Å². The van der Waals surface area contributed by atoms with E-state index in [9.17, 15) is 9.59 Å². The summed E-state index contributed by atoms with van der Waals surface area (Å²) in [5, 5.41) is 7.91. The molecule has 2 unspecified atom stereocenters. The minimum atomic E-state index is -0.369. The number of anilines is 1. The molecule has 0 radical (unpaired) electrons. The molecule has 2 amide bonds. The Kier molecular flexibility index (Phi) is 5.01. The molecule has 120 valence electrons. The van der Waals surface area contributed by atoms with E-state index in [1.165, 1.54) is 11.3 Å². The number of thiazole rings is 1. The minimum Gasteiger partial charge on any atom is -0.368 e. The Labute approximate surface area is 132 Å². The highest BCUT2D eigenvalue weighted by Crippen LogP contribution is 2.19. The minimum absolute atomic E-state index is 0.101. The van der Waals surface area contributed by atoms with Crippen LogP contribution in [-0.4, -0.2) is 42.2 Å². The Morgan fingerprint density at radius 3 is 2.50 bits per heavy atom. The zero-order valence-corrected chi connectivity index (χ0v) is 13.0. The van der Waals surface area contributed by atoms with E-state index in [1.807, 2.05) is 5.38 Å². The first kappa shape index (κ1) is 15.4. The van der Waals surface area contributed by atoms with Crippen molar-refractivity contribution in [3.63, 3.8) is 0 Å². The summed E-state index contributed by atoms with van der Waals surface area (Å²) in [5.41, 5.74) is 0.721. The van der Waals surface area contributed by atoms with E-state index in [-0.39, 0.29) is 24.0 Å². The molecule has 22 heavy (non-hydrogen) atoms. The van der Waals surface area contributed by atoms with E-state index in [1.54, 1.807) is 0 Å². The van der Waals surface area contributed by atoms with Crippen molar-refractivity contribution in [2.24, 2.45) is 0 Å². The summed E-state index contributed by atoms with van der Waals surface area (Å²) in [5.74, 6) is -0.253. The highest BCUT2D eigenvalue weighted by molar-refractivity contribution is 7.13. The highest BCUT2D eigenvalue weighted by Gasteiger charge is 2.25. The summed E-state index contributed by atoms with van der Waals surface area (Å²) in [4.78, 5) is 28.0. The quantitative estimate of drug-likeness (QED) is 0.845. The van der Waals surface area contributed by atoms with Gasteiger partial charge >= 0.3 is 0 Å². The van der Waals surface area contributed by atoms with Crippen molar-refractivity contribution < 1.29 is 19.1 Å². The monoisotopic (exact) mass is 325 g/mol. The van der Waals surface area contributed by atoms with Crippen molar-refractivity contribution >= 4 is 28.3 Å². The fraction of sp³-hybridized carbons (Fsp3) is 0.643. The lowest BCUT2D eigenvalue weighted by atomic mass is 10.2. The number of hydrogen-bond acceptors (Lipinski definition) is 6. The summed E-state index contributed by atoms with van der Waals surface area (Å²) < 4.78 is 10.6. The molecule has 8 heteroatoms. The molecule has 2 aliphatic rings. The Morgan fingerprint density at radius 1 is 1.18 bits per heavy atom. The smallest absolute Gasteiger partial charge is 0.255 e. The largest absolute Gasteiger partial charge is 0.368 e. The van der Waals surface area contributed by atoms with E-state index < -0.39 is 0 Å². The zero-order valence-electron chi connectivity index (χ0n) is 12.2. The molecule has 0 saturated carbocycles. The number of amides is 2. The van der Waals surface area contributed by atoms with Crippen LogP contribution in [0.2, 0.25) is 0 Å². The lowest BCUT2D eigenvalue weighted by Gasteiger charge is -2.09. The van der Waals surface area contributed by atoms with E-state index in [2.05, 4.69) is 15.6 Å². The summed E-state index contributed by atoms with van der Waals surface area (Å²) in [6, 6.07) is 0. The van der Waals surface area contributed by atoms with Crippen molar-refractivity contribution in [3.05, 3.63) is 11.1 Å².